The third-order valence-corrected chi connectivity index (χ3v) is 4.52. The fourth-order valence-corrected chi connectivity index (χ4v) is 3.66. The number of hydrogen-bond donors (Lipinski definition) is 1. The molecule has 1 aliphatic heterocycles. The molecule has 2 rings (SSSR count). The van der Waals surface area contributed by atoms with Crippen molar-refractivity contribution in [3.8, 4) is 0 Å². The summed E-state index contributed by atoms with van der Waals surface area (Å²) in [4.78, 5) is 2.56. The maximum atomic E-state index is 3.50. The number of nitrogens with zero attached hydrogens (tertiary/aromatic N) is 1. The molecule has 0 saturated heterocycles. The van der Waals surface area contributed by atoms with E-state index in [9.17, 15) is 0 Å². The number of anilines is 1. The fraction of sp³-hybridized carbons (Fsp3) is 0.667. The normalized spacial score (nSPS) is 20.9. The summed E-state index contributed by atoms with van der Waals surface area (Å²) >= 11 is 0. The van der Waals surface area contributed by atoms with Gasteiger partial charge in [0, 0.05) is 24.3 Å². The summed E-state index contributed by atoms with van der Waals surface area (Å²) in [5.41, 5.74) is 4.65. The van der Waals surface area contributed by atoms with Crippen LogP contribution in [0.25, 0.3) is 0 Å². The monoisotopic (exact) mass is 274 g/mol. The lowest BCUT2D eigenvalue weighted by Crippen LogP contribution is -2.48. The summed E-state index contributed by atoms with van der Waals surface area (Å²) in [6.07, 6.45) is 2.43. The van der Waals surface area contributed by atoms with E-state index in [2.05, 4.69) is 63.0 Å². The minimum atomic E-state index is 0.267. The Labute approximate surface area is 124 Å². The molecule has 1 aromatic carbocycles. The van der Waals surface area contributed by atoms with Gasteiger partial charge in [0.1, 0.15) is 0 Å². The van der Waals surface area contributed by atoms with Crippen molar-refractivity contribution in [3.63, 3.8) is 0 Å². The van der Waals surface area contributed by atoms with Crippen molar-refractivity contribution < 1.29 is 0 Å². The van der Waals surface area contributed by atoms with Crippen molar-refractivity contribution in [1.29, 1.82) is 0 Å². The van der Waals surface area contributed by atoms with Crippen molar-refractivity contribution in [2.75, 3.05) is 18.0 Å². The summed E-state index contributed by atoms with van der Waals surface area (Å²) in [5, 5.41) is 3.50. The Hall–Kier alpha value is -1.02. The molecule has 112 valence electrons. The van der Waals surface area contributed by atoms with Gasteiger partial charge in [-0.3, -0.25) is 0 Å². The Balaban J connectivity index is 2.27. The van der Waals surface area contributed by atoms with E-state index >= 15 is 0 Å². The molecule has 0 amide bonds. The zero-order valence-electron chi connectivity index (χ0n) is 13.8. The van der Waals surface area contributed by atoms with Crippen LogP contribution in [0.15, 0.2) is 18.2 Å². The maximum absolute atomic E-state index is 3.50. The van der Waals surface area contributed by atoms with Crippen LogP contribution >= 0.6 is 0 Å². The molecule has 1 heterocycles. The highest BCUT2D eigenvalue weighted by Crippen LogP contribution is 2.43. The zero-order chi connectivity index (χ0) is 14.8. The van der Waals surface area contributed by atoms with E-state index in [4.69, 9.17) is 0 Å². The first-order chi connectivity index (χ1) is 9.49. The number of benzene rings is 1. The molecule has 0 bridgehead atoms. The van der Waals surface area contributed by atoms with Gasteiger partial charge in [0.05, 0.1) is 0 Å². The predicted molar refractivity (Wildman–Crippen MR) is 88.6 cm³/mol. The van der Waals surface area contributed by atoms with E-state index in [1.165, 1.54) is 29.7 Å². The van der Waals surface area contributed by atoms with E-state index in [-0.39, 0.29) is 5.54 Å². The highest BCUT2D eigenvalue weighted by molar-refractivity contribution is 5.60. The van der Waals surface area contributed by atoms with Crippen LogP contribution in [0.2, 0.25) is 0 Å². The van der Waals surface area contributed by atoms with E-state index < -0.39 is 0 Å². The van der Waals surface area contributed by atoms with Crippen molar-refractivity contribution in [2.24, 2.45) is 0 Å². The molecule has 0 aliphatic carbocycles. The second-order valence-electron chi connectivity index (χ2n) is 6.73. The Morgan fingerprint density at radius 3 is 2.70 bits per heavy atom. The summed E-state index contributed by atoms with van der Waals surface area (Å²) in [6.45, 7) is 14.8. The average Bonchev–Trinajstić information content (AvgIpc) is 2.39. The van der Waals surface area contributed by atoms with Gasteiger partial charge in [0.25, 0.3) is 0 Å². The second-order valence-corrected chi connectivity index (χ2v) is 6.73. The van der Waals surface area contributed by atoms with Crippen LogP contribution in [0.4, 0.5) is 5.69 Å². The Morgan fingerprint density at radius 1 is 1.30 bits per heavy atom. The molecule has 1 N–H and O–H groups in total. The highest BCUT2D eigenvalue weighted by atomic mass is 15.2. The van der Waals surface area contributed by atoms with Crippen molar-refractivity contribution in [1.82, 2.24) is 5.32 Å². The van der Waals surface area contributed by atoms with Crippen LogP contribution in [0, 0.1) is 0 Å². The van der Waals surface area contributed by atoms with E-state index in [1.54, 1.807) is 0 Å². The Morgan fingerprint density at radius 2 is 2.05 bits per heavy atom. The third kappa shape index (κ3) is 3.01. The Bertz CT molecular complexity index is 451. The molecule has 20 heavy (non-hydrogen) atoms. The van der Waals surface area contributed by atoms with E-state index in [0.29, 0.717) is 5.92 Å². The second kappa shape index (κ2) is 6.17. The van der Waals surface area contributed by atoms with Crippen LogP contribution in [0.3, 0.4) is 0 Å². The summed E-state index contributed by atoms with van der Waals surface area (Å²) in [6, 6.07) is 7.04. The molecular formula is C18H30N2. The molecule has 0 saturated carbocycles. The lowest BCUT2D eigenvalue weighted by molar-refractivity contribution is 0.381. The van der Waals surface area contributed by atoms with Crippen LogP contribution in [-0.2, 0) is 6.54 Å². The molecule has 2 nitrogen and oxygen atoms in total. The van der Waals surface area contributed by atoms with Gasteiger partial charge in [-0.05, 0) is 63.3 Å². The first kappa shape index (κ1) is 15.4. The van der Waals surface area contributed by atoms with Gasteiger partial charge in [0.2, 0.25) is 0 Å². The zero-order valence-corrected chi connectivity index (χ0v) is 13.8. The number of nitrogens with one attached hydrogen (secondary N) is 1. The van der Waals surface area contributed by atoms with Gasteiger partial charge in [-0.15, -0.1) is 0 Å². The van der Waals surface area contributed by atoms with Gasteiger partial charge in [-0.1, -0.05) is 26.0 Å². The molecule has 0 aromatic heterocycles. The van der Waals surface area contributed by atoms with Gasteiger partial charge in [-0.25, -0.2) is 0 Å². The molecule has 0 radical (unpaired) electrons. The summed E-state index contributed by atoms with van der Waals surface area (Å²) < 4.78 is 0. The first-order valence-electron chi connectivity index (χ1n) is 8.10. The number of fused-ring (bicyclic) bond motifs is 1. The van der Waals surface area contributed by atoms with Gasteiger partial charge in [0.15, 0.2) is 0 Å². The number of rotatable bonds is 5. The summed E-state index contributed by atoms with van der Waals surface area (Å²) in [7, 11) is 0. The Kier molecular flexibility index (Phi) is 4.74. The van der Waals surface area contributed by atoms with Gasteiger partial charge < -0.3 is 10.2 Å². The predicted octanol–water partition coefficient (Wildman–Crippen LogP) is 4.30. The highest BCUT2D eigenvalue weighted by Gasteiger charge is 2.35. The minimum Gasteiger partial charge on any atom is -0.366 e. The standard InChI is InChI=1S/C18H30N2/c1-6-10-19-13-15-8-9-17-16(11-15)14(3)12-18(4,5)20(17)7-2/h8-9,11,14,19H,6-7,10,12-13H2,1-5H3. The molecule has 1 unspecified atom stereocenters. The summed E-state index contributed by atoms with van der Waals surface area (Å²) in [5.74, 6) is 0.647. The van der Waals surface area contributed by atoms with Crippen molar-refractivity contribution in [2.45, 2.75) is 65.5 Å². The molecule has 1 aromatic rings. The minimum absolute atomic E-state index is 0.267. The number of hydrogen-bond acceptors (Lipinski definition) is 2. The maximum Gasteiger partial charge on any atom is 0.0406 e. The molecule has 1 aliphatic rings. The first-order valence-corrected chi connectivity index (χ1v) is 8.10. The molecule has 2 heteroatoms. The van der Waals surface area contributed by atoms with Gasteiger partial charge >= 0.3 is 0 Å². The van der Waals surface area contributed by atoms with Crippen LogP contribution in [-0.4, -0.2) is 18.6 Å². The fourth-order valence-electron chi connectivity index (χ4n) is 3.66. The SMILES string of the molecule is CCCNCc1ccc2c(c1)C(C)CC(C)(C)N2CC. The molecule has 0 spiro atoms. The van der Waals surface area contributed by atoms with E-state index in [0.717, 1.165) is 19.6 Å². The van der Waals surface area contributed by atoms with Gasteiger partial charge in [-0.2, -0.15) is 0 Å². The van der Waals surface area contributed by atoms with Crippen LogP contribution < -0.4 is 10.2 Å². The third-order valence-electron chi connectivity index (χ3n) is 4.52. The molecule has 0 fully saturated rings. The lowest BCUT2D eigenvalue weighted by atomic mass is 9.79. The smallest absolute Gasteiger partial charge is 0.0406 e. The quantitative estimate of drug-likeness (QED) is 0.805. The topological polar surface area (TPSA) is 15.3 Å². The molecule has 1 atom stereocenters. The van der Waals surface area contributed by atoms with Crippen LogP contribution in [0.5, 0.6) is 0 Å². The lowest BCUT2D eigenvalue weighted by Gasteiger charge is -2.47. The van der Waals surface area contributed by atoms with Crippen LogP contribution in [0.1, 0.15) is 64.5 Å². The largest absolute Gasteiger partial charge is 0.366 e. The van der Waals surface area contributed by atoms with E-state index in [1.807, 2.05) is 0 Å². The van der Waals surface area contributed by atoms with Crippen molar-refractivity contribution in [3.05, 3.63) is 29.3 Å². The van der Waals surface area contributed by atoms with Crippen molar-refractivity contribution >= 4 is 5.69 Å². The molecular weight excluding hydrogens is 244 g/mol. The average molecular weight is 274 g/mol.